The lowest BCUT2D eigenvalue weighted by Crippen LogP contribution is -2.40. The van der Waals surface area contributed by atoms with Crippen LogP contribution in [0.15, 0.2) is 23.1 Å². The number of carbonyl (C=O) groups is 1. The van der Waals surface area contributed by atoms with Gasteiger partial charge < -0.3 is 10.2 Å². The number of hydrogen-bond acceptors (Lipinski definition) is 3. The van der Waals surface area contributed by atoms with Crippen LogP contribution in [0.4, 0.5) is 0 Å². The molecule has 0 spiro atoms. The number of amides is 1. The van der Waals surface area contributed by atoms with Crippen LogP contribution < -0.4 is 5.32 Å². The zero-order chi connectivity index (χ0) is 14.5. The standard InChI is InChI=1S/C15H21ClN2OS/c1-17-10-11-5-7-18(8-6-11)15(19)13-9-12(20-2)3-4-14(13)16/h3-4,9,11,17H,5-8,10H2,1-2H3. The molecule has 0 saturated carbocycles. The van der Waals surface area contributed by atoms with Crippen molar-refractivity contribution in [1.29, 1.82) is 0 Å². The number of benzene rings is 1. The van der Waals surface area contributed by atoms with Gasteiger partial charge in [0.05, 0.1) is 10.6 Å². The Bertz CT molecular complexity index is 473. The third-order valence-corrected chi connectivity index (χ3v) is 4.85. The van der Waals surface area contributed by atoms with Crippen molar-refractivity contribution in [2.45, 2.75) is 17.7 Å². The van der Waals surface area contributed by atoms with Gasteiger partial charge in [-0.25, -0.2) is 0 Å². The van der Waals surface area contributed by atoms with Crippen LogP contribution in [-0.2, 0) is 0 Å². The van der Waals surface area contributed by atoms with Gasteiger partial charge >= 0.3 is 0 Å². The predicted molar refractivity (Wildman–Crippen MR) is 85.8 cm³/mol. The molecule has 1 aliphatic rings. The number of likely N-dealkylation sites (tertiary alicyclic amines) is 1. The van der Waals surface area contributed by atoms with Crippen LogP contribution in [-0.4, -0.2) is 43.7 Å². The van der Waals surface area contributed by atoms with Gasteiger partial charge in [-0.2, -0.15) is 0 Å². The summed E-state index contributed by atoms with van der Waals surface area (Å²) in [6.45, 7) is 2.68. The van der Waals surface area contributed by atoms with Crippen molar-refractivity contribution in [2.24, 2.45) is 5.92 Å². The van der Waals surface area contributed by atoms with E-state index >= 15 is 0 Å². The van der Waals surface area contributed by atoms with Crippen LogP contribution in [0.3, 0.4) is 0 Å². The van der Waals surface area contributed by atoms with E-state index in [1.54, 1.807) is 11.8 Å². The SMILES string of the molecule is CNCC1CCN(C(=O)c2cc(SC)ccc2Cl)CC1. The quantitative estimate of drug-likeness (QED) is 0.867. The van der Waals surface area contributed by atoms with Crippen molar-refractivity contribution >= 4 is 29.3 Å². The first-order valence-electron chi connectivity index (χ1n) is 6.93. The van der Waals surface area contributed by atoms with Crippen molar-refractivity contribution in [3.05, 3.63) is 28.8 Å². The molecule has 1 N–H and O–H groups in total. The van der Waals surface area contributed by atoms with Crippen LogP contribution in [0, 0.1) is 5.92 Å². The number of piperidine rings is 1. The first kappa shape index (κ1) is 15.7. The van der Waals surface area contributed by atoms with E-state index in [0.29, 0.717) is 16.5 Å². The first-order chi connectivity index (χ1) is 9.65. The molecule has 1 saturated heterocycles. The van der Waals surface area contributed by atoms with E-state index < -0.39 is 0 Å². The summed E-state index contributed by atoms with van der Waals surface area (Å²) in [6.07, 6.45) is 4.12. The molecule has 0 bridgehead atoms. The van der Waals surface area contributed by atoms with Crippen LogP contribution in [0.25, 0.3) is 0 Å². The highest BCUT2D eigenvalue weighted by atomic mass is 35.5. The molecule has 110 valence electrons. The fraction of sp³-hybridized carbons (Fsp3) is 0.533. The largest absolute Gasteiger partial charge is 0.339 e. The van der Waals surface area contributed by atoms with E-state index in [1.165, 1.54) is 0 Å². The Morgan fingerprint density at radius 2 is 2.15 bits per heavy atom. The normalized spacial score (nSPS) is 16.4. The summed E-state index contributed by atoms with van der Waals surface area (Å²) in [4.78, 5) is 15.6. The molecular formula is C15H21ClN2OS. The maximum atomic E-state index is 12.6. The van der Waals surface area contributed by atoms with E-state index in [1.807, 2.05) is 36.4 Å². The highest BCUT2D eigenvalue weighted by molar-refractivity contribution is 7.98. The average molecular weight is 313 g/mol. The number of rotatable bonds is 4. The smallest absolute Gasteiger partial charge is 0.255 e. The van der Waals surface area contributed by atoms with Crippen LogP contribution >= 0.6 is 23.4 Å². The zero-order valence-electron chi connectivity index (χ0n) is 12.0. The molecule has 1 fully saturated rings. The summed E-state index contributed by atoms with van der Waals surface area (Å²) in [7, 11) is 1.98. The maximum Gasteiger partial charge on any atom is 0.255 e. The molecule has 1 aromatic rings. The third-order valence-electron chi connectivity index (χ3n) is 3.80. The minimum absolute atomic E-state index is 0.0637. The molecule has 20 heavy (non-hydrogen) atoms. The topological polar surface area (TPSA) is 32.3 Å². The minimum atomic E-state index is 0.0637. The van der Waals surface area contributed by atoms with Gasteiger partial charge in [0.2, 0.25) is 0 Å². The second-order valence-corrected chi connectivity index (χ2v) is 6.43. The molecule has 5 heteroatoms. The summed E-state index contributed by atoms with van der Waals surface area (Å²) >= 11 is 7.80. The van der Waals surface area contributed by atoms with E-state index in [4.69, 9.17) is 11.6 Å². The summed E-state index contributed by atoms with van der Waals surface area (Å²) in [5.74, 6) is 0.742. The van der Waals surface area contributed by atoms with Gasteiger partial charge in [0, 0.05) is 18.0 Å². The zero-order valence-corrected chi connectivity index (χ0v) is 13.6. The Hall–Kier alpha value is -0.710. The van der Waals surface area contributed by atoms with Gasteiger partial charge in [-0.3, -0.25) is 4.79 Å². The van der Waals surface area contributed by atoms with Crippen LogP contribution in [0.2, 0.25) is 5.02 Å². The fourth-order valence-electron chi connectivity index (χ4n) is 2.59. The molecule has 0 unspecified atom stereocenters. The van der Waals surface area contributed by atoms with Crippen molar-refractivity contribution in [2.75, 3.05) is 32.9 Å². The summed E-state index contributed by atoms with van der Waals surface area (Å²) in [5.41, 5.74) is 0.630. The lowest BCUT2D eigenvalue weighted by molar-refractivity contribution is 0.0691. The minimum Gasteiger partial charge on any atom is -0.339 e. The predicted octanol–water partition coefficient (Wildman–Crippen LogP) is 3.13. The van der Waals surface area contributed by atoms with Gasteiger partial charge in [-0.1, -0.05) is 11.6 Å². The molecule has 2 rings (SSSR count). The van der Waals surface area contributed by atoms with Crippen molar-refractivity contribution in [3.8, 4) is 0 Å². The first-order valence-corrected chi connectivity index (χ1v) is 8.53. The average Bonchev–Trinajstić information content (AvgIpc) is 2.48. The van der Waals surface area contributed by atoms with E-state index in [0.717, 1.165) is 37.4 Å². The van der Waals surface area contributed by atoms with Gasteiger partial charge in [0.25, 0.3) is 5.91 Å². The van der Waals surface area contributed by atoms with Gasteiger partial charge in [0.1, 0.15) is 0 Å². The molecule has 0 radical (unpaired) electrons. The second-order valence-electron chi connectivity index (χ2n) is 5.14. The summed E-state index contributed by atoms with van der Waals surface area (Å²) in [6, 6.07) is 5.66. The van der Waals surface area contributed by atoms with E-state index in [2.05, 4.69) is 5.32 Å². The number of carbonyl (C=O) groups excluding carboxylic acids is 1. The van der Waals surface area contributed by atoms with Crippen molar-refractivity contribution in [3.63, 3.8) is 0 Å². The highest BCUT2D eigenvalue weighted by Crippen LogP contribution is 2.26. The number of hydrogen-bond donors (Lipinski definition) is 1. The van der Waals surface area contributed by atoms with Crippen molar-refractivity contribution < 1.29 is 4.79 Å². The monoisotopic (exact) mass is 312 g/mol. The summed E-state index contributed by atoms with van der Waals surface area (Å²) in [5, 5.41) is 3.76. The molecule has 0 aliphatic carbocycles. The summed E-state index contributed by atoms with van der Waals surface area (Å²) < 4.78 is 0. The molecule has 0 aromatic heterocycles. The molecule has 3 nitrogen and oxygen atoms in total. The van der Waals surface area contributed by atoms with E-state index in [9.17, 15) is 4.79 Å². The maximum absolute atomic E-state index is 12.6. The Balaban J connectivity index is 2.05. The number of nitrogens with zero attached hydrogens (tertiary/aromatic N) is 1. The molecule has 1 amide bonds. The molecule has 1 heterocycles. The van der Waals surface area contributed by atoms with E-state index in [-0.39, 0.29) is 5.91 Å². The Kier molecular flexibility index (Phi) is 5.75. The lowest BCUT2D eigenvalue weighted by Gasteiger charge is -2.32. The fourth-order valence-corrected chi connectivity index (χ4v) is 3.23. The van der Waals surface area contributed by atoms with Crippen molar-refractivity contribution in [1.82, 2.24) is 10.2 Å². The van der Waals surface area contributed by atoms with Gasteiger partial charge in [0.15, 0.2) is 0 Å². The van der Waals surface area contributed by atoms with Crippen LogP contribution in [0.1, 0.15) is 23.2 Å². The molecule has 1 aliphatic heterocycles. The second kappa shape index (κ2) is 7.34. The lowest BCUT2D eigenvalue weighted by atomic mass is 9.96. The van der Waals surface area contributed by atoms with Gasteiger partial charge in [-0.05, 0) is 56.8 Å². The molecule has 1 aromatic carbocycles. The number of nitrogens with one attached hydrogen (secondary N) is 1. The third kappa shape index (κ3) is 3.68. The Morgan fingerprint density at radius 1 is 1.45 bits per heavy atom. The molecular weight excluding hydrogens is 292 g/mol. The number of halogens is 1. The van der Waals surface area contributed by atoms with Gasteiger partial charge in [-0.15, -0.1) is 11.8 Å². The highest BCUT2D eigenvalue weighted by Gasteiger charge is 2.24. The van der Waals surface area contributed by atoms with Crippen LogP contribution in [0.5, 0.6) is 0 Å². The number of thioether (sulfide) groups is 1. The molecule has 0 atom stereocenters. The Labute approximate surface area is 130 Å². The Morgan fingerprint density at radius 3 is 2.75 bits per heavy atom.